The average molecular weight is 575 g/mol. The molecule has 3 aromatic carbocycles. The second kappa shape index (κ2) is 10.3. The maximum absolute atomic E-state index is 13.9. The van der Waals surface area contributed by atoms with Crippen molar-refractivity contribution in [2.45, 2.75) is 38.3 Å². The number of carbonyl (C=O) groups is 1. The van der Waals surface area contributed by atoms with Crippen LogP contribution in [-0.4, -0.2) is 29.5 Å². The van der Waals surface area contributed by atoms with Crippen molar-refractivity contribution in [1.29, 1.82) is 0 Å². The third-order valence-electron chi connectivity index (χ3n) is 7.18. The molecular weight excluding hydrogens is 550 g/mol. The maximum atomic E-state index is 13.9. The highest BCUT2D eigenvalue weighted by molar-refractivity contribution is 6.09. The van der Waals surface area contributed by atoms with Crippen LogP contribution in [-0.2, 0) is 31.9 Å². The lowest BCUT2D eigenvalue weighted by atomic mass is 9.91. The Labute approximate surface area is 230 Å². The van der Waals surface area contributed by atoms with E-state index in [4.69, 9.17) is 4.74 Å². The van der Waals surface area contributed by atoms with Gasteiger partial charge >= 0.3 is 12.4 Å². The summed E-state index contributed by atoms with van der Waals surface area (Å²) in [5, 5.41) is 0.630. The molecule has 41 heavy (non-hydrogen) atoms. The minimum atomic E-state index is -5.03. The molecule has 1 aliphatic heterocycles. The van der Waals surface area contributed by atoms with E-state index in [1.165, 1.54) is 18.7 Å². The SMILES string of the molecule is COc1cccc(-c2c(C(=O)N(C)Cc3cc(C(F)(F)F)cc(C(F)(F)F)c3)c(=O)n3c4c(cccc24)CCC3)c1. The van der Waals surface area contributed by atoms with E-state index in [0.29, 0.717) is 52.9 Å². The van der Waals surface area contributed by atoms with Gasteiger partial charge in [-0.15, -0.1) is 0 Å². The van der Waals surface area contributed by atoms with Crippen LogP contribution >= 0.6 is 0 Å². The third kappa shape index (κ3) is 5.28. The largest absolute Gasteiger partial charge is 0.497 e. The number of pyridine rings is 1. The smallest absolute Gasteiger partial charge is 0.416 e. The molecule has 5 nitrogen and oxygen atoms in total. The Morgan fingerprint density at radius 3 is 2.24 bits per heavy atom. The first-order chi connectivity index (χ1) is 19.3. The standard InChI is InChI=1S/C30H24F6N2O3/c1-37(16-17-12-20(29(31,32)33)15-21(13-17)30(34,35)36)27(39)25-24(19-7-3-9-22(14-19)41-2)23-10-4-6-18-8-5-11-38(26(18)23)28(25)40/h3-4,6-7,9-10,12-15H,5,8,11,16H2,1-2H3. The molecule has 0 fully saturated rings. The Morgan fingerprint density at radius 2 is 1.61 bits per heavy atom. The number of rotatable bonds is 5. The van der Waals surface area contributed by atoms with Crippen molar-refractivity contribution in [1.82, 2.24) is 9.47 Å². The van der Waals surface area contributed by atoms with E-state index < -0.39 is 41.5 Å². The van der Waals surface area contributed by atoms with Gasteiger partial charge in [-0.25, -0.2) is 0 Å². The molecule has 214 valence electrons. The van der Waals surface area contributed by atoms with Gasteiger partial charge in [-0.1, -0.05) is 30.3 Å². The summed E-state index contributed by atoms with van der Waals surface area (Å²) in [5.41, 5.74) is -1.71. The van der Waals surface area contributed by atoms with Crippen molar-refractivity contribution >= 4 is 16.8 Å². The van der Waals surface area contributed by atoms with Crippen molar-refractivity contribution in [3.05, 3.63) is 98.8 Å². The fraction of sp³-hybridized carbons (Fsp3) is 0.267. The lowest BCUT2D eigenvalue weighted by molar-refractivity contribution is -0.143. The highest BCUT2D eigenvalue weighted by Crippen LogP contribution is 2.38. The van der Waals surface area contributed by atoms with Gasteiger partial charge in [0, 0.05) is 31.1 Å². The van der Waals surface area contributed by atoms with E-state index in [-0.39, 0.29) is 17.2 Å². The lowest BCUT2D eigenvalue weighted by Crippen LogP contribution is -2.36. The molecule has 0 unspecified atom stereocenters. The molecule has 0 N–H and O–H groups in total. The topological polar surface area (TPSA) is 51.5 Å². The van der Waals surface area contributed by atoms with Gasteiger partial charge in [0.15, 0.2) is 0 Å². The van der Waals surface area contributed by atoms with E-state index in [9.17, 15) is 35.9 Å². The Morgan fingerprint density at radius 1 is 0.951 bits per heavy atom. The van der Waals surface area contributed by atoms with Crippen LogP contribution in [0.4, 0.5) is 26.3 Å². The first-order valence-electron chi connectivity index (χ1n) is 12.7. The van der Waals surface area contributed by atoms with Gasteiger partial charge in [-0.2, -0.15) is 26.3 Å². The summed E-state index contributed by atoms with van der Waals surface area (Å²) in [5.74, 6) is -0.362. The van der Waals surface area contributed by atoms with Crippen molar-refractivity contribution in [3.8, 4) is 16.9 Å². The zero-order valence-corrected chi connectivity index (χ0v) is 22.0. The van der Waals surface area contributed by atoms with Crippen molar-refractivity contribution < 1.29 is 35.9 Å². The Balaban J connectivity index is 1.68. The number of hydrogen-bond donors (Lipinski definition) is 0. The molecule has 0 spiro atoms. The predicted octanol–water partition coefficient (Wildman–Crippen LogP) is 6.93. The number of ether oxygens (including phenoxy) is 1. The zero-order chi connectivity index (χ0) is 29.7. The maximum Gasteiger partial charge on any atom is 0.416 e. The molecule has 11 heteroatoms. The van der Waals surface area contributed by atoms with Crippen LogP contribution in [0.25, 0.3) is 22.0 Å². The van der Waals surface area contributed by atoms with Gasteiger partial charge in [0.2, 0.25) is 0 Å². The number of para-hydroxylation sites is 1. The first-order valence-corrected chi connectivity index (χ1v) is 12.7. The summed E-state index contributed by atoms with van der Waals surface area (Å²) in [7, 11) is 2.71. The molecule has 5 rings (SSSR count). The van der Waals surface area contributed by atoms with E-state index in [0.717, 1.165) is 16.9 Å². The van der Waals surface area contributed by atoms with Crippen molar-refractivity contribution in [3.63, 3.8) is 0 Å². The van der Waals surface area contributed by atoms with Crippen LogP contribution in [0.15, 0.2) is 65.5 Å². The fourth-order valence-corrected chi connectivity index (χ4v) is 5.36. The quantitative estimate of drug-likeness (QED) is 0.243. The monoisotopic (exact) mass is 574 g/mol. The molecule has 1 aromatic heterocycles. The van der Waals surface area contributed by atoms with Crippen LogP contribution in [0.2, 0.25) is 0 Å². The van der Waals surface area contributed by atoms with E-state index in [1.807, 2.05) is 12.1 Å². The molecule has 0 bridgehead atoms. The summed E-state index contributed by atoms with van der Waals surface area (Å²) in [6.07, 6.45) is -8.66. The number of benzene rings is 3. The average Bonchev–Trinajstić information content (AvgIpc) is 2.93. The lowest BCUT2D eigenvalue weighted by Gasteiger charge is -2.25. The zero-order valence-electron chi connectivity index (χ0n) is 22.0. The molecule has 2 heterocycles. The summed E-state index contributed by atoms with van der Waals surface area (Å²) >= 11 is 0. The molecule has 0 aliphatic carbocycles. The van der Waals surface area contributed by atoms with Crippen LogP contribution in [0.1, 0.15) is 39.0 Å². The highest BCUT2D eigenvalue weighted by atomic mass is 19.4. The molecule has 4 aromatic rings. The van der Waals surface area contributed by atoms with E-state index in [1.54, 1.807) is 30.3 Å². The van der Waals surface area contributed by atoms with Crippen LogP contribution in [0.5, 0.6) is 5.75 Å². The molecule has 1 aliphatic rings. The number of alkyl halides is 6. The normalized spacial score (nSPS) is 13.4. The van der Waals surface area contributed by atoms with E-state index >= 15 is 0 Å². The molecule has 0 saturated heterocycles. The summed E-state index contributed by atoms with van der Waals surface area (Å²) in [6.45, 7) is -0.238. The number of aromatic nitrogens is 1. The van der Waals surface area contributed by atoms with E-state index in [2.05, 4.69) is 0 Å². The van der Waals surface area contributed by atoms with Crippen LogP contribution in [0, 0.1) is 0 Å². The first kappa shape index (κ1) is 28.3. The number of hydrogen-bond acceptors (Lipinski definition) is 3. The number of nitrogens with zero attached hydrogens (tertiary/aromatic N) is 2. The minimum absolute atomic E-state index is 0.0320. The third-order valence-corrected chi connectivity index (χ3v) is 7.18. The van der Waals surface area contributed by atoms with Gasteiger partial charge in [-0.05, 0) is 59.9 Å². The highest BCUT2D eigenvalue weighted by Gasteiger charge is 2.37. The Hall–Kier alpha value is -4.28. The van der Waals surface area contributed by atoms with Crippen molar-refractivity contribution in [2.75, 3.05) is 14.2 Å². The van der Waals surface area contributed by atoms with Crippen molar-refractivity contribution in [2.24, 2.45) is 0 Å². The Bertz CT molecular complexity index is 1690. The fourth-order valence-electron chi connectivity index (χ4n) is 5.36. The van der Waals surface area contributed by atoms with Gasteiger partial charge < -0.3 is 14.2 Å². The number of carbonyl (C=O) groups excluding carboxylic acids is 1. The summed E-state index contributed by atoms with van der Waals surface area (Å²) < 4.78 is 87.4. The summed E-state index contributed by atoms with van der Waals surface area (Å²) in [4.78, 5) is 28.8. The van der Waals surface area contributed by atoms with Gasteiger partial charge in [0.1, 0.15) is 11.3 Å². The number of halogens is 6. The second-order valence-corrected chi connectivity index (χ2v) is 9.93. The number of methoxy groups -OCH3 is 1. The van der Waals surface area contributed by atoms with Gasteiger partial charge in [0.05, 0.1) is 23.8 Å². The minimum Gasteiger partial charge on any atom is -0.497 e. The molecule has 0 atom stereocenters. The predicted molar refractivity (Wildman–Crippen MR) is 141 cm³/mol. The molecule has 0 radical (unpaired) electrons. The van der Waals surface area contributed by atoms with Crippen LogP contribution < -0.4 is 10.3 Å². The molecule has 0 saturated carbocycles. The molecular formula is C30H24F6N2O3. The number of amides is 1. The number of aryl methyl sites for hydroxylation is 2. The summed E-state index contributed by atoms with van der Waals surface area (Å²) in [6, 6.07) is 13.5. The molecule has 1 amide bonds. The van der Waals surface area contributed by atoms with Gasteiger partial charge in [0.25, 0.3) is 11.5 Å². The Kier molecular flexibility index (Phi) is 7.08. The van der Waals surface area contributed by atoms with Crippen LogP contribution in [0.3, 0.4) is 0 Å². The second-order valence-electron chi connectivity index (χ2n) is 9.93. The van der Waals surface area contributed by atoms with Gasteiger partial charge in [-0.3, -0.25) is 9.59 Å².